The third kappa shape index (κ3) is 4.89. The van der Waals surface area contributed by atoms with Gasteiger partial charge in [0.1, 0.15) is 0 Å². The first-order chi connectivity index (χ1) is 6.86. The fourth-order valence-electron chi connectivity index (χ4n) is 1.61. The van der Waals surface area contributed by atoms with Gasteiger partial charge in [-0.2, -0.15) is 0 Å². The molecule has 0 atom stereocenters. The number of nitrogens with one attached hydrogen (secondary N) is 1. The lowest BCUT2D eigenvalue weighted by atomic mass is 10.3. The summed E-state index contributed by atoms with van der Waals surface area (Å²) < 4.78 is 2.46. The molecule has 0 aromatic rings. The van der Waals surface area contributed by atoms with E-state index in [4.69, 9.17) is 0 Å². The maximum atomic E-state index is 3.19. The van der Waals surface area contributed by atoms with E-state index in [0.29, 0.717) is 0 Å². The summed E-state index contributed by atoms with van der Waals surface area (Å²) in [7, 11) is 5.76. The molecule has 1 aliphatic heterocycles. The van der Waals surface area contributed by atoms with E-state index in [1.165, 1.54) is 39.1 Å². The molecule has 0 saturated carbocycles. The van der Waals surface area contributed by atoms with Crippen LogP contribution in [0.15, 0.2) is 0 Å². The molecule has 1 fully saturated rings. The highest BCUT2D eigenvalue weighted by Crippen LogP contribution is 2.23. The predicted molar refractivity (Wildman–Crippen MR) is 67.7 cm³/mol. The van der Waals surface area contributed by atoms with E-state index in [1.807, 2.05) is 28.8 Å². The highest BCUT2D eigenvalue weighted by molar-refractivity contribution is 8.75. The van der Waals surface area contributed by atoms with E-state index in [-0.39, 0.29) is 0 Å². The van der Waals surface area contributed by atoms with Crippen molar-refractivity contribution in [3.8, 4) is 0 Å². The first-order valence-corrected chi connectivity index (χ1v) is 7.71. The van der Waals surface area contributed by atoms with Gasteiger partial charge in [-0.3, -0.25) is 0 Å². The summed E-state index contributed by atoms with van der Waals surface area (Å²) in [5, 5.41) is 3.19. The molecular formula is C9H21N3S2. The second-order valence-electron chi connectivity index (χ2n) is 3.47. The lowest BCUT2D eigenvalue weighted by Crippen LogP contribution is -2.43. The van der Waals surface area contributed by atoms with Gasteiger partial charge in [0.05, 0.1) is 0 Å². The second kappa shape index (κ2) is 7.82. The van der Waals surface area contributed by atoms with Crippen molar-refractivity contribution in [1.29, 1.82) is 0 Å². The van der Waals surface area contributed by atoms with Crippen LogP contribution in [0.25, 0.3) is 0 Å². The monoisotopic (exact) mass is 235 g/mol. The molecule has 0 bridgehead atoms. The van der Waals surface area contributed by atoms with Gasteiger partial charge in [0.25, 0.3) is 0 Å². The highest BCUT2D eigenvalue weighted by atomic mass is 33.1. The average Bonchev–Trinajstić information content (AvgIpc) is 2.21. The van der Waals surface area contributed by atoms with Gasteiger partial charge in [-0.1, -0.05) is 10.8 Å². The Kier molecular flexibility index (Phi) is 7.06. The Morgan fingerprint density at radius 3 is 2.50 bits per heavy atom. The largest absolute Gasteiger partial charge is 0.320 e. The molecule has 84 valence electrons. The fraction of sp³-hybridized carbons (Fsp3) is 1.00. The van der Waals surface area contributed by atoms with Crippen LogP contribution in [0.4, 0.5) is 0 Å². The Hall–Kier alpha value is 0.580. The van der Waals surface area contributed by atoms with Gasteiger partial charge in [0.15, 0.2) is 0 Å². The molecule has 0 amide bonds. The van der Waals surface area contributed by atoms with Crippen LogP contribution in [-0.4, -0.2) is 61.8 Å². The van der Waals surface area contributed by atoms with Crippen molar-refractivity contribution < 1.29 is 0 Å². The zero-order chi connectivity index (χ0) is 10.2. The molecule has 3 nitrogen and oxygen atoms in total. The second-order valence-corrected chi connectivity index (χ2v) is 5.91. The standard InChI is InChI=1S/C9H21N3S2/c1-10-4-3-5-11-6-8-12(9-7-11)14-13-2/h10H,3-9H2,1-2H3. The summed E-state index contributed by atoms with van der Waals surface area (Å²) >= 11 is 0. The van der Waals surface area contributed by atoms with Crippen molar-refractivity contribution in [2.24, 2.45) is 0 Å². The maximum absolute atomic E-state index is 3.19. The normalized spacial score (nSPS) is 20.1. The van der Waals surface area contributed by atoms with E-state index < -0.39 is 0 Å². The van der Waals surface area contributed by atoms with Crippen LogP contribution in [0, 0.1) is 0 Å². The molecule has 0 aliphatic carbocycles. The van der Waals surface area contributed by atoms with E-state index >= 15 is 0 Å². The van der Waals surface area contributed by atoms with Crippen LogP contribution in [0.5, 0.6) is 0 Å². The number of hydrogen-bond donors (Lipinski definition) is 1. The Morgan fingerprint density at radius 2 is 1.93 bits per heavy atom. The predicted octanol–water partition coefficient (Wildman–Crippen LogP) is 1.14. The van der Waals surface area contributed by atoms with Crippen LogP contribution >= 0.6 is 21.8 Å². The molecule has 1 saturated heterocycles. The van der Waals surface area contributed by atoms with Crippen LogP contribution in [0.1, 0.15) is 6.42 Å². The SMILES string of the molecule is CNCCCN1CCN(SSC)CC1. The minimum Gasteiger partial charge on any atom is -0.320 e. The molecule has 1 aliphatic rings. The molecule has 5 heteroatoms. The number of hydrogen-bond acceptors (Lipinski definition) is 5. The van der Waals surface area contributed by atoms with Gasteiger partial charge in [-0.15, -0.1) is 0 Å². The lowest BCUT2D eigenvalue weighted by molar-refractivity contribution is 0.195. The summed E-state index contributed by atoms with van der Waals surface area (Å²) in [6, 6.07) is 0. The lowest BCUT2D eigenvalue weighted by Gasteiger charge is -2.33. The van der Waals surface area contributed by atoms with Crippen molar-refractivity contribution in [3.05, 3.63) is 0 Å². The van der Waals surface area contributed by atoms with E-state index in [1.54, 1.807) is 0 Å². The molecule has 1 N–H and O–H groups in total. The van der Waals surface area contributed by atoms with Crippen molar-refractivity contribution in [3.63, 3.8) is 0 Å². The first-order valence-electron chi connectivity index (χ1n) is 5.19. The molecular weight excluding hydrogens is 214 g/mol. The molecule has 1 rings (SSSR count). The average molecular weight is 235 g/mol. The Labute approximate surface area is 95.5 Å². The summed E-state index contributed by atoms with van der Waals surface area (Å²) in [4.78, 5) is 2.56. The van der Waals surface area contributed by atoms with Crippen LogP contribution in [0.2, 0.25) is 0 Å². The molecule has 0 aromatic heterocycles. The van der Waals surface area contributed by atoms with Gasteiger partial charge in [-0.05, 0) is 43.8 Å². The van der Waals surface area contributed by atoms with Crippen molar-refractivity contribution in [2.75, 3.05) is 52.6 Å². The third-order valence-corrected chi connectivity index (χ3v) is 4.22. The van der Waals surface area contributed by atoms with Crippen molar-refractivity contribution >= 4 is 21.8 Å². The minimum atomic E-state index is 1.14. The van der Waals surface area contributed by atoms with Gasteiger partial charge < -0.3 is 10.2 Å². The Bertz CT molecular complexity index is 138. The fourth-order valence-corrected chi connectivity index (χ4v) is 3.22. The topological polar surface area (TPSA) is 18.5 Å². The number of nitrogens with zero attached hydrogens (tertiary/aromatic N) is 2. The van der Waals surface area contributed by atoms with Gasteiger partial charge in [0, 0.05) is 26.2 Å². The Balaban J connectivity index is 2.03. The molecule has 0 unspecified atom stereocenters. The first kappa shape index (κ1) is 12.6. The van der Waals surface area contributed by atoms with E-state index in [2.05, 4.69) is 20.8 Å². The third-order valence-electron chi connectivity index (χ3n) is 2.41. The Morgan fingerprint density at radius 1 is 1.21 bits per heavy atom. The summed E-state index contributed by atoms with van der Waals surface area (Å²) in [5.74, 6) is 0. The molecule has 1 heterocycles. The zero-order valence-electron chi connectivity index (χ0n) is 9.16. The maximum Gasteiger partial charge on any atom is 0.0226 e. The molecule has 14 heavy (non-hydrogen) atoms. The summed E-state index contributed by atoms with van der Waals surface area (Å²) in [6.07, 6.45) is 3.41. The van der Waals surface area contributed by atoms with Gasteiger partial charge >= 0.3 is 0 Å². The van der Waals surface area contributed by atoms with E-state index in [0.717, 1.165) is 6.54 Å². The quantitative estimate of drug-likeness (QED) is 0.421. The zero-order valence-corrected chi connectivity index (χ0v) is 10.8. The molecule has 0 aromatic carbocycles. The van der Waals surface area contributed by atoms with Crippen LogP contribution in [-0.2, 0) is 0 Å². The summed E-state index contributed by atoms with van der Waals surface area (Å²) in [5.41, 5.74) is 0. The smallest absolute Gasteiger partial charge is 0.0226 e. The van der Waals surface area contributed by atoms with Crippen LogP contribution < -0.4 is 5.32 Å². The van der Waals surface area contributed by atoms with Gasteiger partial charge in [-0.25, -0.2) is 4.31 Å². The van der Waals surface area contributed by atoms with Gasteiger partial charge in [0.2, 0.25) is 0 Å². The number of piperazine rings is 1. The van der Waals surface area contributed by atoms with Crippen molar-refractivity contribution in [1.82, 2.24) is 14.5 Å². The molecule has 0 radical (unpaired) electrons. The van der Waals surface area contributed by atoms with Crippen molar-refractivity contribution in [2.45, 2.75) is 6.42 Å². The summed E-state index contributed by atoms with van der Waals surface area (Å²) in [6.45, 7) is 7.28. The highest BCUT2D eigenvalue weighted by Gasteiger charge is 2.15. The molecule has 0 spiro atoms. The number of rotatable bonds is 6. The minimum absolute atomic E-state index is 1.14. The van der Waals surface area contributed by atoms with E-state index in [9.17, 15) is 0 Å². The van der Waals surface area contributed by atoms with Crippen LogP contribution in [0.3, 0.4) is 0 Å².